The van der Waals surface area contributed by atoms with Gasteiger partial charge in [-0.1, -0.05) is 0 Å². The summed E-state index contributed by atoms with van der Waals surface area (Å²) in [5, 5.41) is 0. The van der Waals surface area contributed by atoms with E-state index in [-0.39, 0.29) is 23.8 Å². The minimum absolute atomic E-state index is 0.00945. The Morgan fingerprint density at radius 3 is 1.62 bits per heavy atom. The molecule has 0 amide bonds. The van der Waals surface area contributed by atoms with E-state index in [4.69, 9.17) is 0 Å². The zero-order valence-electron chi connectivity index (χ0n) is 9.66. The maximum atomic E-state index is 11.3. The number of hydrogen-bond donors (Lipinski definition) is 0. The summed E-state index contributed by atoms with van der Waals surface area (Å²) in [7, 11) is 0. The summed E-state index contributed by atoms with van der Waals surface area (Å²) >= 11 is 0. The van der Waals surface area contributed by atoms with Crippen LogP contribution in [-0.4, -0.2) is 17.3 Å². The molecule has 0 atom stereocenters. The van der Waals surface area contributed by atoms with Gasteiger partial charge in [-0.15, -0.1) is 0 Å². The van der Waals surface area contributed by atoms with Gasteiger partial charge in [-0.05, 0) is 44.5 Å². The van der Waals surface area contributed by atoms with E-state index in [1.54, 1.807) is 18.2 Å². The monoisotopic (exact) mass is 218 g/mol. The van der Waals surface area contributed by atoms with Crippen molar-refractivity contribution in [1.29, 1.82) is 0 Å². The third-order valence-corrected chi connectivity index (χ3v) is 2.26. The lowest BCUT2D eigenvalue weighted by Crippen LogP contribution is -2.03. The average Bonchev–Trinajstić information content (AvgIpc) is 2.15. The van der Waals surface area contributed by atoms with Crippen LogP contribution in [0.1, 0.15) is 47.1 Å². The van der Waals surface area contributed by atoms with Gasteiger partial charge in [0.1, 0.15) is 5.78 Å². The molecule has 0 aliphatic carbocycles. The molecule has 0 N–H and O–H groups in total. The van der Waals surface area contributed by atoms with Crippen LogP contribution in [0, 0.1) is 0 Å². The van der Waals surface area contributed by atoms with Gasteiger partial charge in [-0.3, -0.25) is 14.4 Å². The highest BCUT2D eigenvalue weighted by molar-refractivity contribution is 6.00. The Morgan fingerprint density at radius 2 is 1.31 bits per heavy atom. The van der Waals surface area contributed by atoms with Gasteiger partial charge in [0.25, 0.3) is 0 Å². The van der Waals surface area contributed by atoms with E-state index in [9.17, 15) is 14.4 Å². The van der Waals surface area contributed by atoms with Crippen molar-refractivity contribution in [2.75, 3.05) is 0 Å². The molecule has 1 rings (SSSR count). The van der Waals surface area contributed by atoms with Crippen LogP contribution in [0.3, 0.4) is 0 Å². The first-order chi connectivity index (χ1) is 7.40. The first-order valence-electron chi connectivity index (χ1n) is 5.05. The van der Waals surface area contributed by atoms with Crippen LogP contribution in [0.4, 0.5) is 0 Å². The molecule has 0 heterocycles. The maximum Gasteiger partial charge on any atom is 0.159 e. The lowest BCUT2D eigenvalue weighted by Gasteiger charge is -2.04. The van der Waals surface area contributed by atoms with E-state index in [0.717, 1.165) is 0 Å². The molecule has 1 aromatic carbocycles. The zero-order valence-corrected chi connectivity index (χ0v) is 9.66. The van der Waals surface area contributed by atoms with E-state index in [2.05, 4.69) is 0 Å². The third-order valence-electron chi connectivity index (χ3n) is 2.26. The van der Waals surface area contributed by atoms with Crippen molar-refractivity contribution in [3.8, 4) is 0 Å². The number of carbonyl (C=O) groups is 3. The molecule has 0 radical (unpaired) electrons. The minimum Gasteiger partial charge on any atom is -0.300 e. The van der Waals surface area contributed by atoms with E-state index < -0.39 is 0 Å². The molecule has 0 spiro atoms. The second-order valence-electron chi connectivity index (χ2n) is 3.91. The van der Waals surface area contributed by atoms with Gasteiger partial charge in [-0.25, -0.2) is 0 Å². The summed E-state index contributed by atoms with van der Waals surface area (Å²) in [4.78, 5) is 33.5. The average molecular weight is 218 g/mol. The lowest BCUT2D eigenvalue weighted by atomic mass is 9.99. The van der Waals surface area contributed by atoms with E-state index >= 15 is 0 Å². The SMILES string of the molecule is CC(=O)Cc1cc(C(C)=O)cc(C(C)=O)c1. The van der Waals surface area contributed by atoms with E-state index in [1.165, 1.54) is 20.8 Å². The Bertz CT molecular complexity index is 426. The highest BCUT2D eigenvalue weighted by Crippen LogP contribution is 2.13. The Hall–Kier alpha value is -1.77. The maximum absolute atomic E-state index is 11.3. The van der Waals surface area contributed by atoms with Gasteiger partial charge >= 0.3 is 0 Å². The number of ketones is 3. The molecular formula is C13H14O3. The summed E-state index contributed by atoms with van der Waals surface area (Å²) in [5.41, 5.74) is 1.67. The first kappa shape index (κ1) is 12.3. The molecule has 0 aliphatic heterocycles. The Balaban J connectivity index is 3.23. The molecule has 3 nitrogen and oxygen atoms in total. The molecule has 84 valence electrons. The van der Waals surface area contributed by atoms with Crippen molar-refractivity contribution >= 4 is 17.3 Å². The fourth-order valence-corrected chi connectivity index (χ4v) is 1.49. The Labute approximate surface area is 94.5 Å². The van der Waals surface area contributed by atoms with Gasteiger partial charge in [0.05, 0.1) is 0 Å². The zero-order chi connectivity index (χ0) is 12.3. The molecule has 0 saturated carbocycles. The normalized spacial score (nSPS) is 9.94. The van der Waals surface area contributed by atoms with Crippen LogP contribution >= 0.6 is 0 Å². The molecule has 16 heavy (non-hydrogen) atoms. The second-order valence-corrected chi connectivity index (χ2v) is 3.91. The minimum atomic E-state index is -0.104. The van der Waals surface area contributed by atoms with Gasteiger partial charge in [-0.2, -0.15) is 0 Å². The van der Waals surface area contributed by atoms with Crippen LogP contribution in [0.15, 0.2) is 18.2 Å². The largest absolute Gasteiger partial charge is 0.300 e. The van der Waals surface area contributed by atoms with Crippen molar-refractivity contribution in [3.05, 3.63) is 34.9 Å². The third kappa shape index (κ3) is 3.12. The smallest absolute Gasteiger partial charge is 0.159 e. The standard InChI is InChI=1S/C13H14O3/c1-8(14)4-11-5-12(9(2)15)7-13(6-11)10(3)16/h5-7H,4H2,1-3H3. The lowest BCUT2D eigenvalue weighted by molar-refractivity contribution is -0.116. The fraction of sp³-hybridized carbons (Fsp3) is 0.308. The number of hydrogen-bond acceptors (Lipinski definition) is 3. The number of rotatable bonds is 4. The number of Topliss-reactive ketones (excluding diaryl/α,β-unsaturated/α-hetero) is 3. The summed E-state index contributed by atoms with van der Waals surface area (Å²) < 4.78 is 0. The molecule has 0 aliphatic rings. The van der Waals surface area contributed by atoms with Crippen LogP contribution in [0.5, 0.6) is 0 Å². The van der Waals surface area contributed by atoms with Crippen molar-refractivity contribution in [2.45, 2.75) is 27.2 Å². The highest BCUT2D eigenvalue weighted by Gasteiger charge is 2.08. The molecule has 0 unspecified atom stereocenters. The number of carbonyl (C=O) groups excluding carboxylic acids is 3. The van der Waals surface area contributed by atoms with Crippen LogP contribution < -0.4 is 0 Å². The molecule has 3 heteroatoms. The molecule has 0 aromatic heterocycles. The summed E-state index contributed by atoms with van der Waals surface area (Å²) in [6.45, 7) is 4.36. The quantitative estimate of drug-likeness (QED) is 0.728. The Morgan fingerprint density at radius 1 is 0.875 bits per heavy atom. The van der Waals surface area contributed by atoms with Gasteiger partial charge in [0, 0.05) is 17.5 Å². The molecular weight excluding hydrogens is 204 g/mol. The predicted octanol–water partition coefficient (Wildman–Crippen LogP) is 2.22. The van der Waals surface area contributed by atoms with Crippen molar-refractivity contribution in [2.24, 2.45) is 0 Å². The Kier molecular flexibility index (Phi) is 3.72. The molecule has 0 fully saturated rings. The fourth-order valence-electron chi connectivity index (χ4n) is 1.49. The van der Waals surface area contributed by atoms with Crippen LogP contribution in [0.2, 0.25) is 0 Å². The van der Waals surface area contributed by atoms with Crippen LogP contribution in [0.25, 0.3) is 0 Å². The van der Waals surface area contributed by atoms with Crippen molar-refractivity contribution < 1.29 is 14.4 Å². The van der Waals surface area contributed by atoms with E-state index in [1.807, 2.05) is 0 Å². The molecule has 1 aromatic rings. The van der Waals surface area contributed by atoms with Gasteiger partial charge in [0.15, 0.2) is 11.6 Å². The van der Waals surface area contributed by atoms with Crippen molar-refractivity contribution in [1.82, 2.24) is 0 Å². The second kappa shape index (κ2) is 4.84. The predicted molar refractivity (Wildman–Crippen MR) is 60.8 cm³/mol. The highest BCUT2D eigenvalue weighted by atomic mass is 16.1. The summed E-state index contributed by atoms with van der Waals surface area (Å²) in [5.74, 6) is -0.198. The molecule has 0 saturated heterocycles. The van der Waals surface area contributed by atoms with Gasteiger partial charge < -0.3 is 0 Å². The van der Waals surface area contributed by atoms with Gasteiger partial charge in [0.2, 0.25) is 0 Å². The van der Waals surface area contributed by atoms with Crippen molar-refractivity contribution in [3.63, 3.8) is 0 Å². The first-order valence-corrected chi connectivity index (χ1v) is 5.05. The summed E-state index contributed by atoms with van der Waals surface area (Å²) in [6.07, 6.45) is 0.251. The summed E-state index contributed by atoms with van der Waals surface area (Å²) in [6, 6.07) is 4.89. The van der Waals surface area contributed by atoms with E-state index in [0.29, 0.717) is 16.7 Å². The molecule has 0 bridgehead atoms. The number of benzene rings is 1. The van der Waals surface area contributed by atoms with Crippen LogP contribution in [-0.2, 0) is 11.2 Å². The topological polar surface area (TPSA) is 51.2 Å².